The van der Waals surface area contributed by atoms with Gasteiger partial charge in [-0.15, -0.1) is 12.4 Å². The normalized spacial score (nSPS) is 29.9. The number of piperidine rings is 1. The van der Waals surface area contributed by atoms with Crippen molar-refractivity contribution in [3.05, 3.63) is 12.4 Å². The van der Waals surface area contributed by atoms with E-state index in [0.29, 0.717) is 13.0 Å². The molecule has 1 aliphatic carbocycles. The van der Waals surface area contributed by atoms with Gasteiger partial charge < -0.3 is 16.0 Å². The van der Waals surface area contributed by atoms with Crippen molar-refractivity contribution in [3.63, 3.8) is 0 Å². The predicted molar refractivity (Wildman–Crippen MR) is 98.5 cm³/mol. The fourth-order valence-electron chi connectivity index (χ4n) is 3.87. The van der Waals surface area contributed by atoms with E-state index in [9.17, 15) is 9.59 Å². The molecule has 1 aromatic heterocycles. The van der Waals surface area contributed by atoms with Crippen LogP contribution in [0.3, 0.4) is 0 Å². The lowest BCUT2D eigenvalue weighted by Gasteiger charge is -2.39. The first-order chi connectivity index (χ1) is 11.4. The van der Waals surface area contributed by atoms with Crippen LogP contribution < -0.4 is 16.0 Å². The summed E-state index contributed by atoms with van der Waals surface area (Å²) in [5, 5.41) is 7.09. The van der Waals surface area contributed by atoms with Crippen molar-refractivity contribution in [2.45, 2.75) is 57.0 Å². The second-order valence-electron chi connectivity index (χ2n) is 7.37. The van der Waals surface area contributed by atoms with Gasteiger partial charge in [-0.2, -0.15) is 5.10 Å². The number of aryl methyl sites for hydroxylation is 1. The van der Waals surface area contributed by atoms with Gasteiger partial charge in [-0.25, -0.2) is 0 Å². The number of hydrogen-bond acceptors (Lipinski definition) is 4. The van der Waals surface area contributed by atoms with E-state index in [-0.39, 0.29) is 30.1 Å². The van der Waals surface area contributed by atoms with E-state index < -0.39 is 11.6 Å². The number of hydrogen-bond donors (Lipinski definition) is 2. The molecule has 1 aromatic rings. The van der Waals surface area contributed by atoms with E-state index in [1.54, 1.807) is 15.8 Å². The van der Waals surface area contributed by atoms with E-state index >= 15 is 0 Å². The Kier molecular flexibility index (Phi) is 6.11. The predicted octanol–water partition coefficient (Wildman–Crippen LogP) is 1.36. The lowest BCUT2D eigenvalue weighted by Crippen LogP contribution is -2.58. The number of carbonyl (C=O) groups is 2. The molecule has 0 spiro atoms. The molecule has 1 saturated carbocycles. The molecule has 3 N–H and O–H groups in total. The van der Waals surface area contributed by atoms with Crippen molar-refractivity contribution >= 4 is 29.9 Å². The SMILES string of the molecule is Cl.Cn1cc(N2CCCC(NC(=O)C3CCCCC3(C)N)C2=O)cn1. The highest BCUT2D eigenvalue weighted by Gasteiger charge is 2.40. The van der Waals surface area contributed by atoms with Crippen LogP contribution in [0, 0.1) is 5.92 Å². The molecule has 2 amide bonds. The summed E-state index contributed by atoms with van der Waals surface area (Å²) in [6.45, 7) is 2.61. The van der Waals surface area contributed by atoms with Crippen LogP contribution >= 0.6 is 12.4 Å². The van der Waals surface area contributed by atoms with E-state index in [1.165, 1.54) is 0 Å². The van der Waals surface area contributed by atoms with Gasteiger partial charge in [0, 0.05) is 25.3 Å². The Morgan fingerprint density at radius 3 is 2.76 bits per heavy atom. The van der Waals surface area contributed by atoms with Gasteiger partial charge in [0.25, 0.3) is 0 Å². The monoisotopic (exact) mass is 369 g/mol. The molecule has 2 aliphatic rings. The fourth-order valence-corrected chi connectivity index (χ4v) is 3.87. The van der Waals surface area contributed by atoms with E-state index in [4.69, 9.17) is 5.73 Å². The molecule has 25 heavy (non-hydrogen) atoms. The molecule has 2 heterocycles. The zero-order chi connectivity index (χ0) is 17.3. The molecule has 3 rings (SSSR count). The Labute approximate surface area is 154 Å². The molecular weight excluding hydrogens is 342 g/mol. The van der Waals surface area contributed by atoms with Crippen molar-refractivity contribution in [2.75, 3.05) is 11.4 Å². The Bertz CT molecular complexity index is 630. The molecule has 0 bridgehead atoms. The summed E-state index contributed by atoms with van der Waals surface area (Å²) in [6.07, 6.45) is 8.77. The third kappa shape index (κ3) is 4.15. The number of halogens is 1. The lowest BCUT2D eigenvalue weighted by molar-refractivity contribution is -0.133. The van der Waals surface area contributed by atoms with Crippen molar-refractivity contribution in [2.24, 2.45) is 18.7 Å². The highest BCUT2D eigenvalue weighted by atomic mass is 35.5. The number of anilines is 1. The number of nitrogens with zero attached hydrogens (tertiary/aromatic N) is 3. The number of amides is 2. The zero-order valence-electron chi connectivity index (χ0n) is 14.9. The van der Waals surface area contributed by atoms with Gasteiger partial charge in [-0.3, -0.25) is 14.3 Å². The van der Waals surface area contributed by atoms with Crippen LogP contribution in [-0.4, -0.2) is 39.7 Å². The zero-order valence-corrected chi connectivity index (χ0v) is 15.7. The van der Waals surface area contributed by atoms with Gasteiger partial charge >= 0.3 is 0 Å². The topological polar surface area (TPSA) is 93.2 Å². The van der Waals surface area contributed by atoms with E-state index in [1.807, 2.05) is 20.2 Å². The number of nitrogens with two attached hydrogens (primary N) is 1. The van der Waals surface area contributed by atoms with Gasteiger partial charge in [0.1, 0.15) is 6.04 Å². The van der Waals surface area contributed by atoms with Crippen LogP contribution in [0.15, 0.2) is 12.4 Å². The first kappa shape index (κ1) is 19.7. The molecule has 1 saturated heterocycles. The van der Waals surface area contributed by atoms with Crippen molar-refractivity contribution < 1.29 is 9.59 Å². The minimum Gasteiger partial charge on any atom is -0.344 e. The molecule has 3 unspecified atom stereocenters. The van der Waals surface area contributed by atoms with Gasteiger partial charge in [0.15, 0.2) is 0 Å². The number of rotatable bonds is 3. The largest absolute Gasteiger partial charge is 0.344 e. The summed E-state index contributed by atoms with van der Waals surface area (Å²) < 4.78 is 1.67. The van der Waals surface area contributed by atoms with E-state index in [0.717, 1.165) is 37.8 Å². The summed E-state index contributed by atoms with van der Waals surface area (Å²) >= 11 is 0. The summed E-state index contributed by atoms with van der Waals surface area (Å²) in [5.41, 5.74) is 6.61. The van der Waals surface area contributed by atoms with Crippen LogP contribution in [0.25, 0.3) is 0 Å². The van der Waals surface area contributed by atoms with Gasteiger partial charge in [0.2, 0.25) is 11.8 Å². The van der Waals surface area contributed by atoms with Crippen molar-refractivity contribution in [3.8, 4) is 0 Å². The molecule has 3 atom stereocenters. The van der Waals surface area contributed by atoms with E-state index in [2.05, 4.69) is 10.4 Å². The standard InChI is InChI=1S/C17H27N5O2.ClH/c1-17(18)8-4-3-6-13(17)15(23)20-14-7-5-9-22(16(14)24)12-10-19-21(2)11-12;/h10-11,13-14H,3-9,18H2,1-2H3,(H,20,23);1H. The van der Waals surface area contributed by atoms with Crippen molar-refractivity contribution in [1.29, 1.82) is 0 Å². The number of carbonyl (C=O) groups excluding carboxylic acids is 2. The van der Waals surface area contributed by atoms with Crippen molar-refractivity contribution in [1.82, 2.24) is 15.1 Å². The average molecular weight is 370 g/mol. The maximum absolute atomic E-state index is 12.8. The molecule has 8 heteroatoms. The Morgan fingerprint density at radius 1 is 1.36 bits per heavy atom. The molecule has 140 valence electrons. The molecular formula is C17H28ClN5O2. The second kappa shape index (κ2) is 7.74. The lowest BCUT2D eigenvalue weighted by atomic mass is 9.74. The summed E-state index contributed by atoms with van der Waals surface area (Å²) in [7, 11) is 1.82. The Morgan fingerprint density at radius 2 is 2.12 bits per heavy atom. The maximum atomic E-state index is 12.8. The number of aromatic nitrogens is 2. The smallest absolute Gasteiger partial charge is 0.249 e. The summed E-state index contributed by atoms with van der Waals surface area (Å²) in [6, 6.07) is -0.468. The van der Waals surface area contributed by atoms with Crippen LogP contribution in [0.4, 0.5) is 5.69 Å². The quantitative estimate of drug-likeness (QED) is 0.841. The third-order valence-electron chi connectivity index (χ3n) is 5.33. The molecule has 2 fully saturated rings. The minimum absolute atomic E-state index is 0. The number of nitrogens with one attached hydrogen (secondary N) is 1. The fraction of sp³-hybridized carbons (Fsp3) is 0.706. The first-order valence-corrected chi connectivity index (χ1v) is 8.78. The van der Waals surface area contributed by atoms with Crippen LogP contribution in [0.1, 0.15) is 45.4 Å². The maximum Gasteiger partial charge on any atom is 0.249 e. The van der Waals surface area contributed by atoms with Gasteiger partial charge in [-0.1, -0.05) is 12.8 Å². The van der Waals surface area contributed by atoms with Crippen LogP contribution in [0.5, 0.6) is 0 Å². The van der Waals surface area contributed by atoms with Crippen LogP contribution in [-0.2, 0) is 16.6 Å². The van der Waals surface area contributed by atoms with Gasteiger partial charge in [0.05, 0.1) is 17.8 Å². The molecule has 7 nitrogen and oxygen atoms in total. The Hall–Kier alpha value is -1.60. The highest BCUT2D eigenvalue weighted by Crippen LogP contribution is 2.32. The Balaban J connectivity index is 0.00000225. The average Bonchev–Trinajstić information content (AvgIpc) is 2.95. The molecule has 0 radical (unpaired) electrons. The second-order valence-corrected chi connectivity index (χ2v) is 7.37. The summed E-state index contributed by atoms with van der Waals surface area (Å²) in [4.78, 5) is 27.2. The minimum atomic E-state index is -0.483. The first-order valence-electron chi connectivity index (χ1n) is 8.78. The highest BCUT2D eigenvalue weighted by molar-refractivity contribution is 6.00. The molecule has 0 aromatic carbocycles. The van der Waals surface area contributed by atoms with Gasteiger partial charge in [-0.05, 0) is 32.6 Å². The molecule has 1 aliphatic heterocycles. The summed E-state index contributed by atoms with van der Waals surface area (Å²) in [5.74, 6) is -0.351. The third-order valence-corrected chi connectivity index (χ3v) is 5.33. The van der Waals surface area contributed by atoms with Crippen LogP contribution in [0.2, 0.25) is 0 Å².